The van der Waals surface area contributed by atoms with Crippen LogP contribution in [0.15, 0.2) is 0 Å². The Labute approximate surface area is 101 Å². The van der Waals surface area contributed by atoms with Gasteiger partial charge >= 0.3 is 5.97 Å². The molecule has 0 rings (SSSR count). The summed E-state index contributed by atoms with van der Waals surface area (Å²) in [7, 11) is -0.358. The van der Waals surface area contributed by atoms with Crippen molar-refractivity contribution in [3.63, 3.8) is 0 Å². The zero-order valence-electron chi connectivity index (χ0n) is 11.7. The smallest absolute Gasteiger partial charge is 0.308 e. The highest BCUT2D eigenvalue weighted by Crippen LogP contribution is 2.37. The molecule has 0 spiro atoms. The highest BCUT2D eigenvalue weighted by atomic mass is 28.4. The van der Waals surface area contributed by atoms with Crippen molar-refractivity contribution >= 4 is 14.3 Å². The van der Waals surface area contributed by atoms with E-state index < -0.39 is 8.32 Å². The molecule has 0 heterocycles. The second-order valence-electron chi connectivity index (χ2n) is 5.69. The van der Waals surface area contributed by atoms with Crippen LogP contribution >= 0.6 is 0 Å². The lowest BCUT2D eigenvalue weighted by atomic mass is 10.2. The quantitative estimate of drug-likeness (QED) is 0.551. The molecule has 1 atom stereocenters. The van der Waals surface area contributed by atoms with E-state index >= 15 is 0 Å². The van der Waals surface area contributed by atoms with Gasteiger partial charge in [-0.25, -0.2) is 0 Å². The molecule has 0 aromatic heterocycles. The van der Waals surface area contributed by atoms with E-state index in [2.05, 4.69) is 38.6 Å². The monoisotopic (exact) mass is 246 g/mol. The highest BCUT2D eigenvalue weighted by molar-refractivity contribution is 6.74. The summed E-state index contributed by atoms with van der Waals surface area (Å²) in [5.74, 6) is -0.189. The van der Waals surface area contributed by atoms with Crippen LogP contribution in [-0.4, -0.2) is 27.5 Å². The fraction of sp³-hybridized carbons (Fsp3) is 0.917. The third kappa shape index (κ3) is 4.66. The predicted octanol–water partition coefficient (Wildman–Crippen LogP) is 3.35. The first-order valence-electron chi connectivity index (χ1n) is 5.88. The lowest BCUT2D eigenvalue weighted by Gasteiger charge is -2.38. The molecule has 0 saturated carbocycles. The fourth-order valence-corrected chi connectivity index (χ4v) is 2.57. The van der Waals surface area contributed by atoms with Gasteiger partial charge in [0.25, 0.3) is 0 Å². The Balaban J connectivity index is 4.48. The second kappa shape index (κ2) is 5.82. The zero-order valence-corrected chi connectivity index (χ0v) is 12.7. The maximum Gasteiger partial charge on any atom is 0.308 e. The minimum absolute atomic E-state index is 0.00617. The van der Waals surface area contributed by atoms with Crippen molar-refractivity contribution < 1.29 is 14.0 Å². The minimum atomic E-state index is -1.78. The van der Waals surface area contributed by atoms with Crippen molar-refractivity contribution in [3.05, 3.63) is 0 Å². The van der Waals surface area contributed by atoms with Gasteiger partial charge < -0.3 is 9.16 Å². The van der Waals surface area contributed by atoms with Crippen LogP contribution < -0.4 is 0 Å². The molecule has 0 aliphatic heterocycles. The lowest BCUT2D eigenvalue weighted by Crippen LogP contribution is -2.44. The third-order valence-corrected chi connectivity index (χ3v) is 7.88. The summed E-state index contributed by atoms with van der Waals surface area (Å²) < 4.78 is 10.8. The summed E-state index contributed by atoms with van der Waals surface area (Å²) in [5.41, 5.74) is 0. The van der Waals surface area contributed by atoms with E-state index in [9.17, 15) is 4.79 Å². The number of rotatable bonds is 5. The summed E-state index contributed by atoms with van der Waals surface area (Å²) in [6.07, 6.45) is 1.20. The van der Waals surface area contributed by atoms with Crippen LogP contribution in [0.25, 0.3) is 0 Å². The van der Waals surface area contributed by atoms with Crippen LogP contribution in [0, 0.1) is 0 Å². The summed E-state index contributed by atoms with van der Waals surface area (Å²) in [4.78, 5) is 11.2. The molecule has 0 radical (unpaired) electrons. The van der Waals surface area contributed by atoms with Crippen molar-refractivity contribution in [2.75, 3.05) is 7.11 Å². The molecule has 0 N–H and O–H groups in total. The largest absolute Gasteiger partial charge is 0.469 e. The Kier molecular flexibility index (Phi) is 5.69. The van der Waals surface area contributed by atoms with Gasteiger partial charge in [-0.05, 0) is 24.6 Å². The molecule has 0 unspecified atom stereocenters. The van der Waals surface area contributed by atoms with Crippen LogP contribution in [0.5, 0.6) is 0 Å². The van der Waals surface area contributed by atoms with Gasteiger partial charge in [-0.3, -0.25) is 4.79 Å². The molecule has 0 aliphatic rings. The van der Waals surface area contributed by atoms with Crippen molar-refractivity contribution in [2.45, 2.75) is 64.8 Å². The van der Waals surface area contributed by atoms with E-state index in [-0.39, 0.29) is 17.1 Å². The van der Waals surface area contributed by atoms with E-state index in [1.54, 1.807) is 0 Å². The van der Waals surface area contributed by atoms with Gasteiger partial charge in [0.15, 0.2) is 8.32 Å². The van der Waals surface area contributed by atoms with Gasteiger partial charge in [-0.15, -0.1) is 0 Å². The molecule has 4 heteroatoms. The van der Waals surface area contributed by atoms with E-state index in [1.807, 2.05) is 6.92 Å². The SMILES string of the molecule is CC[C@@H](CC(=O)OC)O[Si](C)(C)C(C)(C)C. The van der Waals surface area contributed by atoms with Gasteiger partial charge in [-0.1, -0.05) is 27.7 Å². The summed E-state index contributed by atoms with van der Waals surface area (Å²) in [5, 5.41) is 0.177. The van der Waals surface area contributed by atoms with E-state index in [1.165, 1.54) is 7.11 Å². The number of carbonyl (C=O) groups is 1. The van der Waals surface area contributed by atoms with Gasteiger partial charge in [-0.2, -0.15) is 0 Å². The number of hydrogen-bond donors (Lipinski definition) is 0. The number of esters is 1. The summed E-state index contributed by atoms with van der Waals surface area (Å²) >= 11 is 0. The third-order valence-electron chi connectivity index (χ3n) is 3.34. The van der Waals surface area contributed by atoms with Gasteiger partial charge in [0.2, 0.25) is 0 Å². The fourth-order valence-electron chi connectivity index (χ4n) is 1.13. The summed E-state index contributed by atoms with van der Waals surface area (Å²) in [6.45, 7) is 13.0. The van der Waals surface area contributed by atoms with Crippen LogP contribution in [0.2, 0.25) is 18.1 Å². The first-order valence-corrected chi connectivity index (χ1v) is 8.79. The molecule has 0 fully saturated rings. The first-order chi connectivity index (χ1) is 7.14. The van der Waals surface area contributed by atoms with Crippen LogP contribution in [0.4, 0.5) is 0 Å². The molecule has 16 heavy (non-hydrogen) atoms. The molecule has 0 aromatic rings. The van der Waals surface area contributed by atoms with Crippen LogP contribution in [0.1, 0.15) is 40.5 Å². The van der Waals surface area contributed by atoms with Crippen LogP contribution in [-0.2, 0) is 14.0 Å². The van der Waals surface area contributed by atoms with E-state index in [4.69, 9.17) is 4.43 Å². The normalized spacial score (nSPS) is 14.7. The van der Waals surface area contributed by atoms with Crippen molar-refractivity contribution in [3.8, 4) is 0 Å². The number of ether oxygens (including phenoxy) is 1. The number of methoxy groups -OCH3 is 1. The Bertz CT molecular complexity index is 231. The highest BCUT2D eigenvalue weighted by Gasteiger charge is 2.39. The average molecular weight is 246 g/mol. The first kappa shape index (κ1) is 15.6. The zero-order chi connectivity index (χ0) is 13.0. The lowest BCUT2D eigenvalue weighted by molar-refractivity contribution is -0.142. The maximum atomic E-state index is 11.2. The Morgan fingerprint density at radius 1 is 1.31 bits per heavy atom. The maximum absolute atomic E-state index is 11.2. The molecule has 0 bridgehead atoms. The number of carbonyl (C=O) groups excluding carboxylic acids is 1. The van der Waals surface area contributed by atoms with Crippen LogP contribution in [0.3, 0.4) is 0 Å². The predicted molar refractivity (Wildman–Crippen MR) is 69.0 cm³/mol. The Hall–Kier alpha value is -0.353. The molecule has 0 amide bonds. The molecule has 0 aliphatic carbocycles. The molecule has 96 valence electrons. The number of hydrogen-bond acceptors (Lipinski definition) is 3. The topological polar surface area (TPSA) is 35.5 Å². The van der Waals surface area contributed by atoms with Crippen molar-refractivity contribution in [2.24, 2.45) is 0 Å². The van der Waals surface area contributed by atoms with E-state index in [0.29, 0.717) is 6.42 Å². The van der Waals surface area contributed by atoms with Gasteiger partial charge in [0.05, 0.1) is 19.6 Å². The second-order valence-corrected chi connectivity index (χ2v) is 10.4. The Morgan fingerprint density at radius 3 is 2.12 bits per heavy atom. The Morgan fingerprint density at radius 2 is 1.81 bits per heavy atom. The van der Waals surface area contributed by atoms with Gasteiger partial charge in [0.1, 0.15) is 0 Å². The van der Waals surface area contributed by atoms with E-state index in [0.717, 1.165) is 6.42 Å². The molecular formula is C12H26O3Si. The summed E-state index contributed by atoms with van der Waals surface area (Å²) in [6, 6.07) is 0. The van der Waals surface area contributed by atoms with Crippen molar-refractivity contribution in [1.82, 2.24) is 0 Å². The molecule has 3 nitrogen and oxygen atoms in total. The van der Waals surface area contributed by atoms with Crippen molar-refractivity contribution in [1.29, 1.82) is 0 Å². The van der Waals surface area contributed by atoms with Gasteiger partial charge in [0, 0.05) is 0 Å². The standard InChI is InChI=1S/C12H26O3Si/c1-8-10(9-11(13)14-5)15-16(6,7)12(2,3)4/h10H,8-9H2,1-7H3/t10-/m0/s1. The molecule has 0 aromatic carbocycles. The molecule has 0 saturated heterocycles. The molecular weight excluding hydrogens is 220 g/mol. The minimum Gasteiger partial charge on any atom is -0.469 e. The average Bonchev–Trinajstić information content (AvgIpc) is 2.14.